The number of cyclic esters (lactones) is 1. The average Bonchev–Trinajstić information content (AvgIpc) is 3.86. The van der Waals surface area contributed by atoms with Crippen LogP contribution >= 0.6 is 0 Å². The molecule has 3 heterocycles. The number of ether oxygens (including phenoxy) is 4. The van der Waals surface area contributed by atoms with E-state index in [4.69, 9.17) is 18.9 Å². The lowest BCUT2D eigenvalue weighted by Crippen LogP contribution is -2.60. The van der Waals surface area contributed by atoms with Crippen molar-refractivity contribution < 1.29 is 38.4 Å². The highest BCUT2D eigenvalue weighted by atomic mass is 16.7. The topological polar surface area (TPSA) is 130 Å². The molecule has 3 aliphatic heterocycles. The Kier molecular flexibility index (Phi) is 12.2. The summed E-state index contributed by atoms with van der Waals surface area (Å²) in [6.45, 7) is 13.3. The van der Waals surface area contributed by atoms with Gasteiger partial charge >= 0.3 is 5.97 Å². The molecule has 1 saturated carbocycles. The van der Waals surface area contributed by atoms with Crippen molar-refractivity contribution in [2.45, 2.75) is 128 Å². The number of likely N-dealkylation sites (N-methyl/N-ethyl adjacent to an activating group) is 2. The van der Waals surface area contributed by atoms with Crippen molar-refractivity contribution in [2.24, 2.45) is 17.3 Å². The molecule has 1 aliphatic carbocycles. The largest absolute Gasteiger partial charge is 0.463 e. The number of nitrogens with one attached hydrogen (secondary N) is 1. The van der Waals surface area contributed by atoms with E-state index in [9.17, 15) is 19.5 Å². The molecule has 1 amide bonds. The molecule has 12 heteroatoms. The Morgan fingerprint density at radius 3 is 2.32 bits per heavy atom. The van der Waals surface area contributed by atoms with Crippen LogP contribution in [0.2, 0.25) is 0 Å². The number of rotatable bonds is 7. The second-order valence-corrected chi connectivity index (χ2v) is 15.9. The number of nitrogens with zero attached hydrogens (tertiary/aromatic N) is 3. The van der Waals surface area contributed by atoms with Crippen LogP contribution in [-0.2, 0) is 33.3 Å². The molecule has 0 radical (unpaired) electrons. The Bertz CT molecular complexity index is 1110. The summed E-state index contributed by atoms with van der Waals surface area (Å²) in [5.74, 6) is -1.50. The molecular weight excluding hydrogens is 604 g/mol. The molecule has 12 nitrogen and oxygen atoms in total. The van der Waals surface area contributed by atoms with Gasteiger partial charge in [-0.15, -0.1) is 0 Å². The predicted octanol–water partition coefficient (Wildman–Crippen LogP) is 2.06. The number of hydrogen-bond donors (Lipinski definition) is 2. The summed E-state index contributed by atoms with van der Waals surface area (Å²) < 4.78 is 25.1. The number of amides is 1. The fourth-order valence-electron chi connectivity index (χ4n) is 7.95. The van der Waals surface area contributed by atoms with E-state index in [0.717, 1.165) is 12.8 Å². The lowest BCUT2D eigenvalue weighted by molar-refractivity contribution is -0.295. The Morgan fingerprint density at radius 2 is 1.74 bits per heavy atom. The standard InChI is InChI=1S/C35H62N4O8/c1-22-18-34(6,44-10)30(47-31-28(41)26(37(7)8)17-23(2)46-31)24(3)29(42)33(4,5)32(43)45-21-35(38(9)20-22)13-15-39(16-14-35)27(40)19-36-25-11-12-25/h22-26,28,30-31,36,41H,11-21H2,1-10H3/t22-,23-,24+,26+,28-,30-,31+,34-/m1/s1. The second kappa shape index (κ2) is 15.1. The van der Waals surface area contributed by atoms with Crippen molar-refractivity contribution in [3.63, 3.8) is 0 Å². The zero-order valence-electron chi connectivity index (χ0n) is 30.5. The summed E-state index contributed by atoms with van der Waals surface area (Å²) in [7, 11) is 7.51. The third-order valence-electron chi connectivity index (χ3n) is 11.4. The number of esters is 1. The smallest absolute Gasteiger partial charge is 0.319 e. The van der Waals surface area contributed by atoms with E-state index in [1.165, 1.54) is 0 Å². The quantitative estimate of drug-likeness (QED) is 0.306. The van der Waals surface area contributed by atoms with Crippen LogP contribution in [0, 0.1) is 17.3 Å². The van der Waals surface area contributed by atoms with Gasteiger partial charge in [0.25, 0.3) is 0 Å². The lowest BCUT2D eigenvalue weighted by atomic mass is 9.74. The molecular formula is C35H62N4O8. The van der Waals surface area contributed by atoms with Gasteiger partial charge in [0.1, 0.15) is 18.1 Å². The average molecular weight is 667 g/mol. The summed E-state index contributed by atoms with van der Waals surface area (Å²) >= 11 is 0. The molecule has 4 fully saturated rings. The van der Waals surface area contributed by atoms with E-state index in [-0.39, 0.29) is 36.4 Å². The molecule has 4 aliphatic rings. The summed E-state index contributed by atoms with van der Waals surface area (Å²) in [5.41, 5.74) is -2.91. The Morgan fingerprint density at radius 1 is 1.11 bits per heavy atom. The number of carbonyl (C=O) groups is 3. The molecule has 3 saturated heterocycles. The number of methoxy groups -OCH3 is 1. The maximum Gasteiger partial charge on any atom is 0.319 e. The number of carbonyl (C=O) groups excluding carboxylic acids is 3. The highest BCUT2D eigenvalue weighted by Crippen LogP contribution is 2.39. The zero-order valence-corrected chi connectivity index (χ0v) is 30.5. The number of aliphatic hydroxyl groups excluding tert-OH is 1. The van der Waals surface area contributed by atoms with E-state index >= 15 is 0 Å². The number of likely N-dealkylation sites (tertiary alicyclic amines) is 1. The van der Waals surface area contributed by atoms with Crippen LogP contribution in [0.15, 0.2) is 0 Å². The fourth-order valence-corrected chi connectivity index (χ4v) is 7.95. The van der Waals surface area contributed by atoms with Crippen LogP contribution in [0.1, 0.15) is 80.1 Å². The molecule has 4 rings (SSSR count). The normalized spacial score (nSPS) is 37.6. The van der Waals surface area contributed by atoms with Crippen LogP contribution in [0.5, 0.6) is 0 Å². The maximum absolute atomic E-state index is 14.3. The number of piperidine rings is 1. The van der Waals surface area contributed by atoms with Gasteiger partial charge in [0, 0.05) is 44.7 Å². The molecule has 270 valence electrons. The van der Waals surface area contributed by atoms with Crippen LogP contribution < -0.4 is 5.32 Å². The third kappa shape index (κ3) is 8.56. The summed E-state index contributed by atoms with van der Waals surface area (Å²) in [6.07, 6.45) is 1.82. The number of aliphatic hydroxyl groups is 1. The molecule has 0 aromatic heterocycles. The van der Waals surface area contributed by atoms with Gasteiger partial charge in [-0.1, -0.05) is 13.8 Å². The van der Waals surface area contributed by atoms with E-state index in [1.807, 2.05) is 37.7 Å². The third-order valence-corrected chi connectivity index (χ3v) is 11.4. The first kappa shape index (κ1) is 38.1. The predicted molar refractivity (Wildman–Crippen MR) is 178 cm³/mol. The van der Waals surface area contributed by atoms with Gasteiger partial charge in [0.2, 0.25) is 5.91 Å². The van der Waals surface area contributed by atoms with Gasteiger partial charge in [-0.2, -0.15) is 0 Å². The van der Waals surface area contributed by atoms with E-state index in [2.05, 4.69) is 24.2 Å². The van der Waals surface area contributed by atoms with E-state index in [0.29, 0.717) is 57.9 Å². The summed E-state index contributed by atoms with van der Waals surface area (Å²) in [4.78, 5) is 47.1. The van der Waals surface area contributed by atoms with E-state index in [1.54, 1.807) is 27.9 Å². The van der Waals surface area contributed by atoms with Gasteiger partial charge in [-0.05, 0) is 93.3 Å². The number of ketones is 1. The van der Waals surface area contributed by atoms with Crippen molar-refractivity contribution in [3.8, 4) is 0 Å². The Labute approximate surface area is 282 Å². The van der Waals surface area contributed by atoms with Crippen LogP contribution in [0.4, 0.5) is 0 Å². The molecule has 8 atom stereocenters. The molecule has 1 spiro atoms. The minimum absolute atomic E-state index is 0.0905. The Balaban J connectivity index is 1.61. The summed E-state index contributed by atoms with van der Waals surface area (Å²) in [5, 5.41) is 14.7. The first-order valence-electron chi connectivity index (χ1n) is 17.6. The highest BCUT2D eigenvalue weighted by molar-refractivity contribution is 6.04. The first-order valence-corrected chi connectivity index (χ1v) is 17.6. The summed E-state index contributed by atoms with van der Waals surface area (Å²) in [6, 6.07) is 0.275. The molecule has 0 unspecified atom stereocenters. The van der Waals surface area contributed by atoms with Gasteiger partial charge in [0.15, 0.2) is 12.1 Å². The number of hydrogen-bond acceptors (Lipinski definition) is 11. The lowest BCUT2D eigenvalue weighted by Gasteiger charge is -2.48. The van der Waals surface area contributed by atoms with Crippen molar-refractivity contribution in [1.82, 2.24) is 20.0 Å². The van der Waals surface area contributed by atoms with Crippen LogP contribution in [0.25, 0.3) is 0 Å². The highest BCUT2D eigenvalue weighted by Gasteiger charge is 2.52. The van der Waals surface area contributed by atoms with E-state index < -0.39 is 46.9 Å². The van der Waals surface area contributed by atoms with Crippen molar-refractivity contribution in [3.05, 3.63) is 0 Å². The van der Waals surface area contributed by atoms with Crippen molar-refractivity contribution in [1.29, 1.82) is 0 Å². The van der Waals surface area contributed by atoms with Gasteiger partial charge in [0.05, 0.1) is 29.9 Å². The van der Waals surface area contributed by atoms with Gasteiger partial charge < -0.3 is 39.2 Å². The van der Waals surface area contributed by atoms with Crippen molar-refractivity contribution in [2.75, 3.05) is 61.0 Å². The molecule has 0 bridgehead atoms. The van der Waals surface area contributed by atoms with Crippen molar-refractivity contribution >= 4 is 17.7 Å². The second-order valence-electron chi connectivity index (χ2n) is 15.9. The number of Topliss-reactive ketones (excluding diaryl/α,β-unsaturated/α-hetero) is 1. The fraction of sp³-hybridized carbons (Fsp3) is 0.914. The SMILES string of the molecule is CO[C@]1(C)C[C@@H](C)CN(C)C2(CCN(C(=O)CNC3CC3)CC2)COC(=O)C(C)(C)C(=O)[C@H](C)[C@H]1O[C@@H]1O[C@H](C)C[C@H](N(C)C)[C@H]1O. The molecule has 0 aromatic rings. The monoisotopic (exact) mass is 666 g/mol. The molecule has 2 N–H and O–H groups in total. The minimum atomic E-state index is -1.47. The van der Waals surface area contributed by atoms with Gasteiger partial charge in [-0.25, -0.2) is 0 Å². The molecule has 0 aromatic carbocycles. The Hall–Kier alpha value is -1.67. The first-order chi connectivity index (χ1) is 21.9. The zero-order chi connectivity index (χ0) is 34.9. The van der Waals surface area contributed by atoms with Gasteiger partial charge in [-0.3, -0.25) is 19.3 Å². The molecule has 47 heavy (non-hydrogen) atoms. The van der Waals surface area contributed by atoms with Crippen LogP contribution in [-0.4, -0.2) is 146 Å². The van der Waals surface area contributed by atoms with Crippen LogP contribution in [0.3, 0.4) is 0 Å². The maximum atomic E-state index is 14.3. The minimum Gasteiger partial charge on any atom is -0.463 e.